The van der Waals surface area contributed by atoms with Crippen LogP contribution in [0.15, 0.2) is 29.1 Å². The molecule has 34 heavy (non-hydrogen) atoms. The summed E-state index contributed by atoms with van der Waals surface area (Å²) in [5.41, 5.74) is 3.15. The topological polar surface area (TPSA) is 78.1 Å². The van der Waals surface area contributed by atoms with E-state index in [2.05, 4.69) is 53.3 Å². The summed E-state index contributed by atoms with van der Waals surface area (Å²) in [6, 6.07) is 8.64. The van der Waals surface area contributed by atoms with E-state index in [9.17, 15) is 9.59 Å². The van der Waals surface area contributed by atoms with Crippen LogP contribution in [0.4, 0.5) is 0 Å². The summed E-state index contributed by atoms with van der Waals surface area (Å²) in [5, 5.41) is 3.98. The van der Waals surface area contributed by atoms with Gasteiger partial charge in [-0.05, 0) is 51.6 Å². The summed E-state index contributed by atoms with van der Waals surface area (Å²) in [5.74, 6) is 0.899. The number of H-pyrrole nitrogens is 1. The number of benzene rings is 1. The van der Waals surface area contributed by atoms with Crippen molar-refractivity contribution in [3.8, 4) is 11.1 Å². The van der Waals surface area contributed by atoms with Crippen LogP contribution in [0.25, 0.3) is 21.3 Å². The molecular formula is C27H34N4O2S. The number of hydrogen-bond donors (Lipinski definition) is 2. The number of carbonyl (C=O) groups excluding carboxylic acids is 1. The van der Waals surface area contributed by atoms with Crippen LogP contribution in [-0.4, -0.2) is 39.9 Å². The van der Waals surface area contributed by atoms with Crippen molar-refractivity contribution in [2.24, 2.45) is 5.92 Å². The summed E-state index contributed by atoms with van der Waals surface area (Å²) in [7, 11) is 0. The lowest BCUT2D eigenvalue weighted by molar-refractivity contribution is -0.127. The first-order chi connectivity index (χ1) is 16.5. The third kappa shape index (κ3) is 4.96. The predicted molar refractivity (Wildman–Crippen MR) is 138 cm³/mol. The minimum Gasteiger partial charge on any atom is -0.353 e. The number of nitrogens with zero attached hydrogens (tertiary/aromatic N) is 2. The van der Waals surface area contributed by atoms with Gasteiger partial charge in [-0.1, -0.05) is 49.1 Å². The first kappa shape index (κ1) is 23.2. The predicted octanol–water partition coefficient (Wildman–Crippen LogP) is 4.93. The monoisotopic (exact) mass is 478 g/mol. The van der Waals surface area contributed by atoms with Crippen LogP contribution in [0, 0.1) is 19.8 Å². The van der Waals surface area contributed by atoms with Gasteiger partial charge in [0.05, 0.1) is 17.8 Å². The molecule has 2 fully saturated rings. The van der Waals surface area contributed by atoms with E-state index in [0.29, 0.717) is 23.8 Å². The maximum absolute atomic E-state index is 13.1. The number of piperidine rings is 1. The van der Waals surface area contributed by atoms with Crippen molar-refractivity contribution in [1.82, 2.24) is 20.2 Å². The average molecular weight is 479 g/mol. The van der Waals surface area contributed by atoms with Crippen molar-refractivity contribution >= 4 is 27.5 Å². The van der Waals surface area contributed by atoms with Crippen LogP contribution in [0.1, 0.15) is 61.2 Å². The van der Waals surface area contributed by atoms with Gasteiger partial charge in [0.15, 0.2) is 0 Å². The maximum atomic E-state index is 13.1. The van der Waals surface area contributed by atoms with E-state index in [0.717, 1.165) is 59.6 Å². The van der Waals surface area contributed by atoms with E-state index in [4.69, 9.17) is 4.98 Å². The van der Waals surface area contributed by atoms with Crippen molar-refractivity contribution in [2.45, 2.75) is 71.4 Å². The Morgan fingerprint density at radius 3 is 2.65 bits per heavy atom. The molecule has 0 radical (unpaired) electrons. The van der Waals surface area contributed by atoms with E-state index < -0.39 is 0 Å². The van der Waals surface area contributed by atoms with E-state index >= 15 is 0 Å². The average Bonchev–Trinajstić information content (AvgIpc) is 3.16. The van der Waals surface area contributed by atoms with E-state index in [-0.39, 0.29) is 17.4 Å². The molecule has 180 valence electrons. The Hall–Kier alpha value is -2.51. The highest BCUT2D eigenvalue weighted by molar-refractivity contribution is 7.19. The van der Waals surface area contributed by atoms with Crippen molar-refractivity contribution in [3.05, 3.63) is 50.9 Å². The Balaban J connectivity index is 1.31. The molecule has 2 N–H and O–H groups in total. The lowest BCUT2D eigenvalue weighted by Gasteiger charge is -2.33. The second-order valence-corrected chi connectivity index (χ2v) is 11.2. The Morgan fingerprint density at radius 1 is 1.12 bits per heavy atom. The van der Waals surface area contributed by atoms with Gasteiger partial charge in [0.2, 0.25) is 5.91 Å². The Kier molecular flexibility index (Phi) is 6.84. The Bertz CT molecular complexity index is 1220. The van der Waals surface area contributed by atoms with Crippen LogP contribution in [0.2, 0.25) is 0 Å². The van der Waals surface area contributed by atoms with Gasteiger partial charge in [-0.2, -0.15) is 0 Å². The summed E-state index contributed by atoms with van der Waals surface area (Å²) in [6.45, 7) is 6.33. The zero-order valence-electron chi connectivity index (χ0n) is 20.2. The Labute approximate surface area is 204 Å². The summed E-state index contributed by atoms with van der Waals surface area (Å²) < 4.78 is 0. The van der Waals surface area contributed by atoms with Gasteiger partial charge in [-0.3, -0.25) is 14.5 Å². The molecule has 2 aliphatic rings. The molecule has 1 atom stereocenters. The highest BCUT2D eigenvalue weighted by atomic mass is 32.1. The highest BCUT2D eigenvalue weighted by Crippen LogP contribution is 2.35. The molecule has 3 aromatic rings. The lowest BCUT2D eigenvalue weighted by atomic mass is 9.93. The molecule has 6 nitrogen and oxygen atoms in total. The van der Waals surface area contributed by atoms with E-state index in [1.807, 2.05) is 0 Å². The van der Waals surface area contributed by atoms with Gasteiger partial charge < -0.3 is 10.3 Å². The Morgan fingerprint density at radius 2 is 1.88 bits per heavy atom. The third-order valence-electron chi connectivity index (χ3n) is 7.33. The van der Waals surface area contributed by atoms with Gasteiger partial charge in [0, 0.05) is 23.0 Å². The van der Waals surface area contributed by atoms with E-state index in [1.54, 1.807) is 11.3 Å². The molecule has 1 saturated carbocycles. The van der Waals surface area contributed by atoms with Crippen molar-refractivity contribution in [1.29, 1.82) is 0 Å². The van der Waals surface area contributed by atoms with E-state index in [1.165, 1.54) is 24.8 Å². The molecule has 0 bridgehead atoms. The molecule has 2 aromatic heterocycles. The molecular weight excluding hydrogens is 444 g/mol. The summed E-state index contributed by atoms with van der Waals surface area (Å²) >= 11 is 1.58. The second-order valence-electron chi connectivity index (χ2n) is 10.0. The standard InChI is InChI=1S/C27H34N4O2S/c1-17-10-12-19(13-11-17)23-18(2)34-27-24(23)26(33)29-22(30-27)16-31-14-6-7-20(15-31)25(32)28-21-8-4-3-5-9-21/h10-13,20-21H,3-9,14-16H2,1-2H3,(H,28,32)(H,29,30,33). The molecule has 1 aliphatic carbocycles. The number of fused-ring (bicyclic) bond motifs is 1. The normalized spacial score (nSPS) is 20.0. The van der Waals surface area contributed by atoms with Crippen LogP contribution < -0.4 is 10.9 Å². The first-order valence-electron chi connectivity index (χ1n) is 12.6. The summed E-state index contributed by atoms with van der Waals surface area (Å²) in [4.78, 5) is 38.1. The third-order valence-corrected chi connectivity index (χ3v) is 8.33. The van der Waals surface area contributed by atoms with Gasteiger partial charge in [-0.25, -0.2) is 4.98 Å². The number of amides is 1. The number of aromatic nitrogens is 2. The molecule has 1 unspecified atom stereocenters. The minimum atomic E-state index is -0.0801. The fourth-order valence-corrected chi connectivity index (χ4v) is 6.56. The first-order valence-corrected chi connectivity index (χ1v) is 13.4. The molecule has 7 heteroatoms. The number of nitrogens with one attached hydrogen (secondary N) is 2. The smallest absolute Gasteiger partial charge is 0.260 e. The van der Waals surface area contributed by atoms with Gasteiger partial charge in [-0.15, -0.1) is 11.3 Å². The van der Waals surface area contributed by atoms with Crippen LogP contribution in [0.3, 0.4) is 0 Å². The minimum absolute atomic E-state index is 0.0169. The quantitative estimate of drug-likeness (QED) is 0.545. The zero-order chi connectivity index (χ0) is 23.7. The van der Waals surface area contributed by atoms with Crippen LogP contribution in [0.5, 0.6) is 0 Å². The fourth-order valence-electron chi connectivity index (χ4n) is 5.50. The molecule has 3 heterocycles. The van der Waals surface area contributed by atoms with Gasteiger partial charge >= 0.3 is 0 Å². The number of thiophene rings is 1. The lowest BCUT2D eigenvalue weighted by Crippen LogP contribution is -2.46. The van der Waals surface area contributed by atoms with Gasteiger partial charge in [0.1, 0.15) is 10.7 Å². The summed E-state index contributed by atoms with van der Waals surface area (Å²) in [6.07, 6.45) is 7.87. The number of hydrogen-bond acceptors (Lipinski definition) is 5. The number of rotatable bonds is 5. The molecule has 1 aromatic carbocycles. The van der Waals surface area contributed by atoms with Gasteiger partial charge in [0.25, 0.3) is 5.56 Å². The van der Waals surface area contributed by atoms with Crippen molar-refractivity contribution in [3.63, 3.8) is 0 Å². The number of aromatic amines is 1. The van der Waals surface area contributed by atoms with Crippen LogP contribution in [-0.2, 0) is 11.3 Å². The van der Waals surface area contributed by atoms with Crippen LogP contribution >= 0.6 is 11.3 Å². The SMILES string of the molecule is Cc1ccc(-c2c(C)sc3nc(CN4CCCC(C(=O)NC5CCCCC5)C4)[nH]c(=O)c23)cc1. The van der Waals surface area contributed by atoms with Crippen molar-refractivity contribution in [2.75, 3.05) is 13.1 Å². The van der Waals surface area contributed by atoms with Crippen molar-refractivity contribution < 1.29 is 4.79 Å². The number of likely N-dealkylation sites (tertiary alicyclic amines) is 1. The molecule has 5 rings (SSSR count). The zero-order valence-corrected chi connectivity index (χ0v) is 21.0. The highest BCUT2D eigenvalue weighted by Gasteiger charge is 2.28. The number of aryl methyl sites for hydroxylation is 2. The molecule has 1 aliphatic heterocycles. The fraction of sp³-hybridized carbons (Fsp3) is 0.519. The number of carbonyl (C=O) groups is 1. The maximum Gasteiger partial charge on any atom is 0.260 e. The molecule has 1 saturated heterocycles. The second kappa shape index (κ2) is 10.0. The molecule has 0 spiro atoms. The largest absolute Gasteiger partial charge is 0.353 e. The molecule has 1 amide bonds.